The third-order valence-electron chi connectivity index (χ3n) is 5.15. The van der Waals surface area contributed by atoms with Crippen LogP contribution < -0.4 is 10.1 Å². The van der Waals surface area contributed by atoms with E-state index in [0.29, 0.717) is 17.4 Å². The lowest BCUT2D eigenvalue weighted by Crippen LogP contribution is -2.25. The maximum atomic E-state index is 12.6. The first kappa shape index (κ1) is 18.3. The molecular weight excluding hydrogens is 452 g/mol. The van der Waals surface area contributed by atoms with Crippen molar-refractivity contribution in [2.24, 2.45) is 0 Å². The quantitative estimate of drug-likeness (QED) is 0.457. The van der Waals surface area contributed by atoms with Gasteiger partial charge in [-0.05, 0) is 36.8 Å². The summed E-state index contributed by atoms with van der Waals surface area (Å²) in [4.78, 5) is 17.3. The van der Waals surface area contributed by atoms with Gasteiger partial charge in [-0.1, -0.05) is 45.5 Å². The van der Waals surface area contributed by atoms with Gasteiger partial charge in [0.2, 0.25) is 11.0 Å². The molecule has 1 aliphatic rings. The maximum absolute atomic E-state index is 12.6. The van der Waals surface area contributed by atoms with Crippen molar-refractivity contribution in [1.29, 1.82) is 0 Å². The van der Waals surface area contributed by atoms with Crippen LogP contribution in [-0.2, 0) is 4.79 Å². The molecule has 8 heteroatoms. The van der Waals surface area contributed by atoms with Gasteiger partial charge in [0, 0.05) is 22.4 Å². The number of rotatable bonds is 3. The summed E-state index contributed by atoms with van der Waals surface area (Å²) in [7, 11) is 1.65. The summed E-state index contributed by atoms with van der Waals surface area (Å²) in [6.07, 6.45) is 0.388. The lowest BCUT2D eigenvalue weighted by atomic mass is 9.86. The van der Waals surface area contributed by atoms with Gasteiger partial charge < -0.3 is 10.1 Å². The molecule has 1 unspecified atom stereocenters. The second-order valence-corrected chi connectivity index (χ2v) is 8.78. The van der Waals surface area contributed by atoms with Crippen LogP contribution >= 0.6 is 27.3 Å². The van der Waals surface area contributed by atoms with Gasteiger partial charge in [0.1, 0.15) is 11.6 Å². The van der Waals surface area contributed by atoms with Crippen molar-refractivity contribution in [3.05, 3.63) is 63.8 Å². The Balaban J connectivity index is 1.67. The van der Waals surface area contributed by atoms with Gasteiger partial charge in [-0.15, -0.1) is 0 Å². The number of ether oxygens (including phenoxy) is 1. The fourth-order valence-corrected chi connectivity index (χ4v) is 5.33. The lowest BCUT2D eigenvalue weighted by molar-refractivity contribution is -0.116. The zero-order chi connectivity index (χ0) is 20.1. The summed E-state index contributed by atoms with van der Waals surface area (Å²) in [5.74, 6) is 1.40. The van der Waals surface area contributed by atoms with Crippen LogP contribution in [0, 0.1) is 6.92 Å². The zero-order valence-electron chi connectivity index (χ0n) is 15.8. The highest BCUT2D eigenvalue weighted by atomic mass is 79.9. The fourth-order valence-electron chi connectivity index (χ4n) is 3.82. The number of hydrogen-bond acceptors (Lipinski definition) is 5. The van der Waals surface area contributed by atoms with Gasteiger partial charge in [0.05, 0.1) is 23.0 Å². The van der Waals surface area contributed by atoms with E-state index in [0.717, 1.165) is 37.3 Å². The molecule has 1 atom stereocenters. The van der Waals surface area contributed by atoms with Crippen LogP contribution in [0.2, 0.25) is 0 Å². The molecule has 3 heterocycles. The number of carbonyl (C=O) groups excluding carboxylic acids is 1. The Kier molecular flexibility index (Phi) is 4.40. The number of methoxy groups -OCH3 is 1. The molecule has 0 aliphatic carbocycles. The van der Waals surface area contributed by atoms with E-state index in [4.69, 9.17) is 14.8 Å². The topological polar surface area (TPSA) is 69.0 Å². The molecule has 2 aromatic heterocycles. The van der Waals surface area contributed by atoms with Gasteiger partial charge in [-0.3, -0.25) is 4.79 Å². The van der Waals surface area contributed by atoms with Crippen LogP contribution in [0.1, 0.15) is 29.2 Å². The summed E-state index contributed by atoms with van der Waals surface area (Å²) in [6, 6.07) is 13.8. The van der Waals surface area contributed by atoms with E-state index in [9.17, 15) is 4.79 Å². The van der Waals surface area contributed by atoms with E-state index in [1.54, 1.807) is 11.8 Å². The van der Waals surface area contributed by atoms with E-state index < -0.39 is 0 Å². The van der Waals surface area contributed by atoms with Crippen LogP contribution in [0.15, 0.2) is 46.9 Å². The molecule has 1 amide bonds. The Morgan fingerprint density at radius 2 is 2.10 bits per heavy atom. The average Bonchev–Trinajstić information content (AvgIpc) is 3.28. The summed E-state index contributed by atoms with van der Waals surface area (Å²) in [5, 5.41) is 8.48. The minimum absolute atomic E-state index is 0.0258. The number of amides is 1. The van der Waals surface area contributed by atoms with Gasteiger partial charge in [0.15, 0.2) is 0 Å². The van der Waals surface area contributed by atoms with Crippen molar-refractivity contribution in [3.8, 4) is 10.9 Å². The van der Waals surface area contributed by atoms with Crippen molar-refractivity contribution in [2.45, 2.75) is 19.3 Å². The standard InChI is InChI=1S/C21H17BrN4O2S/c1-11-19-14(13-5-3-4-6-15(13)22)10-18(27)24-20(19)26(25-11)21-23-16-8-7-12(28-2)9-17(16)29-21/h3-9,14H,10H2,1-2H3,(H,24,27). The van der Waals surface area contributed by atoms with Crippen LogP contribution in [0.5, 0.6) is 5.75 Å². The number of anilines is 1. The highest BCUT2D eigenvalue weighted by molar-refractivity contribution is 9.10. The van der Waals surface area contributed by atoms with Crippen molar-refractivity contribution >= 4 is 49.2 Å². The molecule has 29 heavy (non-hydrogen) atoms. The first-order valence-electron chi connectivity index (χ1n) is 9.14. The molecule has 1 N–H and O–H groups in total. The summed E-state index contributed by atoms with van der Waals surface area (Å²) in [6.45, 7) is 1.98. The molecule has 0 bridgehead atoms. The number of nitrogens with one attached hydrogen (secondary N) is 1. The van der Waals surface area contributed by atoms with Crippen molar-refractivity contribution < 1.29 is 9.53 Å². The predicted molar refractivity (Wildman–Crippen MR) is 117 cm³/mol. The first-order chi connectivity index (χ1) is 14.0. The van der Waals surface area contributed by atoms with Gasteiger partial charge >= 0.3 is 0 Å². The number of thiazole rings is 1. The Hall–Kier alpha value is -2.71. The molecule has 2 aromatic carbocycles. The SMILES string of the molecule is COc1ccc2nc(-n3nc(C)c4c3NC(=O)CC4c3ccccc3Br)sc2c1. The van der Waals surface area contributed by atoms with Crippen LogP contribution in [0.25, 0.3) is 15.3 Å². The molecule has 6 nitrogen and oxygen atoms in total. The third-order valence-corrected chi connectivity index (χ3v) is 6.86. The summed E-state index contributed by atoms with van der Waals surface area (Å²) in [5.41, 5.74) is 3.88. The highest BCUT2D eigenvalue weighted by Crippen LogP contribution is 2.43. The van der Waals surface area contributed by atoms with Gasteiger partial charge in [-0.2, -0.15) is 9.78 Å². The number of halogens is 1. The number of carbonyl (C=O) groups is 1. The van der Waals surface area contributed by atoms with E-state index in [1.165, 1.54) is 11.3 Å². The molecule has 0 saturated carbocycles. The van der Waals surface area contributed by atoms with Crippen molar-refractivity contribution in [2.75, 3.05) is 12.4 Å². The number of benzene rings is 2. The Bertz CT molecular complexity index is 1260. The van der Waals surface area contributed by atoms with Gasteiger partial charge in [-0.25, -0.2) is 4.98 Å². The van der Waals surface area contributed by atoms with Gasteiger partial charge in [0.25, 0.3) is 0 Å². The Morgan fingerprint density at radius 3 is 2.90 bits per heavy atom. The number of fused-ring (bicyclic) bond motifs is 2. The first-order valence-corrected chi connectivity index (χ1v) is 10.7. The second kappa shape index (κ2) is 6.96. The molecule has 4 aromatic rings. The molecule has 0 fully saturated rings. The number of nitrogens with zero attached hydrogens (tertiary/aromatic N) is 3. The van der Waals surface area contributed by atoms with E-state index in [2.05, 4.69) is 27.3 Å². The van der Waals surface area contributed by atoms with E-state index >= 15 is 0 Å². The molecule has 0 radical (unpaired) electrons. The third kappa shape index (κ3) is 3.03. The maximum Gasteiger partial charge on any atom is 0.226 e. The molecule has 5 rings (SSSR count). The minimum Gasteiger partial charge on any atom is -0.497 e. The number of aryl methyl sites for hydroxylation is 1. The zero-order valence-corrected chi connectivity index (χ0v) is 18.2. The minimum atomic E-state index is -0.0578. The van der Waals surface area contributed by atoms with Crippen LogP contribution in [-0.4, -0.2) is 27.8 Å². The van der Waals surface area contributed by atoms with Crippen molar-refractivity contribution in [3.63, 3.8) is 0 Å². The van der Waals surface area contributed by atoms with Crippen LogP contribution in [0.4, 0.5) is 5.82 Å². The predicted octanol–water partition coefficient (Wildman–Crippen LogP) is 5.04. The second-order valence-electron chi connectivity index (χ2n) is 6.92. The molecule has 1 aliphatic heterocycles. The van der Waals surface area contributed by atoms with Crippen molar-refractivity contribution in [1.82, 2.24) is 14.8 Å². The van der Waals surface area contributed by atoms with E-state index in [-0.39, 0.29) is 11.8 Å². The lowest BCUT2D eigenvalue weighted by Gasteiger charge is -2.24. The Morgan fingerprint density at radius 1 is 1.28 bits per heavy atom. The molecule has 0 spiro atoms. The number of hydrogen-bond donors (Lipinski definition) is 1. The highest BCUT2D eigenvalue weighted by Gasteiger charge is 2.34. The normalized spacial score (nSPS) is 16.0. The van der Waals surface area contributed by atoms with Crippen LogP contribution in [0.3, 0.4) is 0 Å². The summed E-state index contributed by atoms with van der Waals surface area (Å²) < 4.78 is 9.06. The smallest absolute Gasteiger partial charge is 0.226 e. The summed E-state index contributed by atoms with van der Waals surface area (Å²) >= 11 is 5.15. The fraction of sp³-hybridized carbons (Fsp3) is 0.190. The molecule has 146 valence electrons. The average molecular weight is 469 g/mol. The number of aromatic nitrogens is 3. The Labute approximate surface area is 179 Å². The molecule has 0 saturated heterocycles. The van der Waals surface area contributed by atoms with E-state index in [1.807, 2.05) is 43.3 Å². The molecular formula is C21H17BrN4O2S. The largest absolute Gasteiger partial charge is 0.497 e. The monoisotopic (exact) mass is 468 g/mol.